The average Bonchev–Trinajstić information content (AvgIpc) is 3.18. The molecule has 2 unspecified atom stereocenters. The maximum atomic E-state index is 5.58. The Bertz CT molecular complexity index is 455. The van der Waals surface area contributed by atoms with Crippen LogP contribution in [0.5, 0.6) is 5.75 Å². The second kappa shape index (κ2) is 7.28. The van der Waals surface area contributed by atoms with Crippen molar-refractivity contribution in [2.24, 2.45) is 5.92 Å². The third kappa shape index (κ3) is 3.78. The van der Waals surface area contributed by atoms with Gasteiger partial charge in [-0.1, -0.05) is 19.1 Å². The molecule has 0 aliphatic carbocycles. The summed E-state index contributed by atoms with van der Waals surface area (Å²) in [4.78, 5) is 0. The van der Waals surface area contributed by atoms with Crippen LogP contribution >= 0.6 is 0 Å². The molecule has 0 bridgehead atoms. The van der Waals surface area contributed by atoms with Gasteiger partial charge >= 0.3 is 0 Å². The molecule has 1 fully saturated rings. The molecule has 0 saturated carbocycles. The van der Waals surface area contributed by atoms with Gasteiger partial charge in [0, 0.05) is 19.1 Å². The molecule has 0 aromatic heterocycles. The Labute approximate surface area is 128 Å². The minimum Gasteiger partial charge on any atom is -0.493 e. The second-order valence-corrected chi connectivity index (χ2v) is 6.26. The van der Waals surface area contributed by atoms with Crippen molar-refractivity contribution in [2.45, 2.75) is 45.1 Å². The zero-order chi connectivity index (χ0) is 14.5. The van der Waals surface area contributed by atoms with Gasteiger partial charge in [0.2, 0.25) is 0 Å². The van der Waals surface area contributed by atoms with Crippen molar-refractivity contribution in [3.8, 4) is 5.75 Å². The van der Waals surface area contributed by atoms with Crippen LogP contribution in [-0.2, 0) is 17.6 Å². The molecule has 2 aliphatic heterocycles. The monoisotopic (exact) mass is 289 g/mol. The Balaban J connectivity index is 1.57. The van der Waals surface area contributed by atoms with Crippen molar-refractivity contribution in [3.05, 3.63) is 29.3 Å². The third-order valence-corrected chi connectivity index (χ3v) is 4.69. The lowest BCUT2D eigenvalue weighted by molar-refractivity contribution is 0.175. The summed E-state index contributed by atoms with van der Waals surface area (Å²) in [5.41, 5.74) is 2.83. The Kier molecular flexibility index (Phi) is 5.15. The van der Waals surface area contributed by atoms with Crippen LogP contribution in [0.15, 0.2) is 18.2 Å². The summed E-state index contributed by atoms with van der Waals surface area (Å²) in [6.07, 6.45) is 5.82. The summed E-state index contributed by atoms with van der Waals surface area (Å²) in [6, 6.07) is 7.30. The number of hydrogen-bond donors (Lipinski definition) is 1. The smallest absolute Gasteiger partial charge is 0.122 e. The van der Waals surface area contributed by atoms with E-state index in [1.54, 1.807) is 0 Å². The van der Waals surface area contributed by atoms with E-state index in [-0.39, 0.29) is 0 Å². The molecule has 1 aromatic rings. The van der Waals surface area contributed by atoms with E-state index in [0.29, 0.717) is 12.0 Å². The van der Waals surface area contributed by atoms with Gasteiger partial charge in [0.1, 0.15) is 5.75 Å². The van der Waals surface area contributed by atoms with Crippen molar-refractivity contribution in [2.75, 3.05) is 26.4 Å². The maximum Gasteiger partial charge on any atom is 0.122 e. The van der Waals surface area contributed by atoms with Gasteiger partial charge < -0.3 is 14.8 Å². The number of ether oxygens (including phenoxy) is 2. The van der Waals surface area contributed by atoms with Crippen molar-refractivity contribution >= 4 is 0 Å². The topological polar surface area (TPSA) is 30.5 Å². The zero-order valence-corrected chi connectivity index (χ0v) is 13.1. The lowest BCUT2D eigenvalue weighted by Gasteiger charge is -2.24. The molecule has 1 saturated heterocycles. The molecule has 3 rings (SSSR count). The van der Waals surface area contributed by atoms with E-state index in [0.717, 1.165) is 45.0 Å². The van der Waals surface area contributed by atoms with Crippen LogP contribution in [0, 0.1) is 5.92 Å². The molecule has 2 atom stereocenters. The molecule has 0 radical (unpaired) electrons. The number of nitrogens with one attached hydrogen (secondary N) is 1. The van der Waals surface area contributed by atoms with E-state index in [1.165, 1.54) is 30.4 Å². The largest absolute Gasteiger partial charge is 0.493 e. The van der Waals surface area contributed by atoms with E-state index in [1.807, 2.05) is 0 Å². The number of benzene rings is 1. The highest BCUT2D eigenvalue weighted by atomic mass is 16.5. The van der Waals surface area contributed by atoms with Crippen LogP contribution in [0.3, 0.4) is 0 Å². The normalized spacial score (nSPS) is 22.0. The van der Waals surface area contributed by atoms with E-state index in [2.05, 4.69) is 30.4 Å². The quantitative estimate of drug-likeness (QED) is 0.837. The molecule has 3 nitrogen and oxygen atoms in total. The fraction of sp³-hybridized carbons (Fsp3) is 0.667. The van der Waals surface area contributed by atoms with Gasteiger partial charge in [-0.15, -0.1) is 0 Å². The van der Waals surface area contributed by atoms with Crippen molar-refractivity contribution < 1.29 is 9.47 Å². The number of hydrogen-bond acceptors (Lipinski definition) is 3. The van der Waals surface area contributed by atoms with Gasteiger partial charge in [-0.05, 0) is 55.3 Å². The Morgan fingerprint density at radius 3 is 3.10 bits per heavy atom. The Morgan fingerprint density at radius 2 is 2.29 bits per heavy atom. The first-order chi connectivity index (χ1) is 10.4. The minimum absolute atomic E-state index is 0.594. The first kappa shape index (κ1) is 14.9. The first-order valence-corrected chi connectivity index (χ1v) is 8.42. The summed E-state index contributed by atoms with van der Waals surface area (Å²) in [6.45, 7) is 6.05. The summed E-state index contributed by atoms with van der Waals surface area (Å²) >= 11 is 0. The van der Waals surface area contributed by atoms with E-state index < -0.39 is 0 Å². The van der Waals surface area contributed by atoms with Crippen LogP contribution in [0.4, 0.5) is 0 Å². The van der Waals surface area contributed by atoms with E-state index >= 15 is 0 Å². The third-order valence-electron chi connectivity index (χ3n) is 4.69. The molecule has 2 heterocycles. The summed E-state index contributed by atoms with van der Waals surface area (Å²) in [5, 5.41) is 3.73. The molecule has 116 valence electrons. The van der Waals surface area contributed by atoms with Crippen LogP contribution in [0.2, 0.25) is 0 Å². The number of aryl methyl sites for hydroxylation is 1. The molecule has 1 N–H and O–H groups in total. The number of fused-ring (bicyclic) bond motifs is 1. The summed E-state index contributed by atoms with van der Waals surface area (Å²) in [7, 11) is 0. The molecule has 21 heavy (non-hydrogen) atoms. The first-order valence-electron chi connectivity index (χ1n) is 8.42. The second-order valence-electron chi connectivity index (χ2n) is 6.26. The van der Waals surface area contributed by atoms with Gasteiger partial charge in [0.15, 0.2) is 0 Å². The van der Waals surface area contributed by atoms with Gasteiger partial charge in [-0.2, -0.15) is 0 Å². The SMILES string of the molecule is CCCNC(CCc1ccc2c(c1)CCO2)C1CCOC1. The molecular formula is C18H27NO2. The Morgan fingerprint density at radius 1 is 1.33 bits per heavy atom. The highest BCUT2D eigenvalue weighted by Crippen LogP contribution is 2.27. The van der Waals surface area contributed by atoms with Crippen molar-refractivity contribution in [1.29, 1.82) is 0 Å². The van der Waals surface area contributed by atoms with Crippen molar-refractivity contribution in [3.63, 3.8) is 0 Å². The lowest BCUT2D eigenvalue weighted by Crippen LogP contribution is -2.37. The predicted octanol–water partition coefficient (Wildman–Crippen LogP) is 2.96. The van der Waals surface area contributed by atoms with Crippen LogP contribution in [0.1, 0.15) is 37.3 Å². The molecular weight excluding hydrogens is 262 g/mol. The lowest BCUT2D eigenvalue weighted by atomic mass is 9.92. The molecule has 2 aliphatic rings. The predicted molar refractivity (Wildman–Crippen MR) is 85.0 cm³/mol. The minimum atomic E-state index is 0.594. The maximum absolute atomic E-state index is 5.58. The highest BCUT2D eigenvalue weighted by Gasteiger charge is 2.25. The molecule has 3 heteroatoms. The Hall–Kier alpha value is -1.06. The molecule has 1 aromatic carbocycles. The van der Waals surface area contributed by atoms with Gasteiger partial charge in [-0.3, -0.25) is 0 Å². The zero-order valence-electron chi connectivity index (χ0n) is 13.1. The number of rotatable bonds is 7. The fourth-order valence-electron chi connectivity index (χ4n) is 3.42. The van der Waals surface area contributed by atoms with Gasteiger partial charge in [0.05, 0.1) is 13.2 Å². The van der Waals surface area contributed by atoms with Crippen LogP contribution in [-0.4, -0.2) is 32.4 Å². The van der Waals surface area contributed by atoms with Crippen LogP contribution < -0.4 is 10.1 Å². The van der Waals surface area contributed by atoms with Crippen LogP contribution in [0.25, 0.3) is 0 Å². The summed E-state index contributed by atoms with van der Waals surface area (Å²) < 4.78 is 11.2. The van der Waals surface area contributed by atoms with E-state index in [9.17, 15) is 0 Å². The highest BCUT2D eigenvalue weighted by molar-refractivity contribution is 5.39. The molecule has 0 amide bonds. The average molecular weight is 289 g/mol. The molecule has 0 spiro atoms. The summed E-state index contributed by atoms with van der Waals surface area (Å²) in [5.74, 6) is 1.78. The van der Waals surface area contributed by atoms with Gasteiger partial charge in [0.25, 0.3) is 0 Å². The standard InChI is InChI=1S/C18H27NO2/c1-2-9-19-17(16-7-10-20-13-16)5-3-14-4-6-18-15(12-14)8-11-21-18/h4,6,12,16-17,19H,2-3,5,7-11,13H2,1H3. The fourth-order valence-corrected chi connectivity index (χ4v) is 3.42. The van der Waals surface area contributed by atoms with Crippen molar-refractivity contribution in [1.82, 2.24) is 5.32 Å². The van der Waals surface area contributed by atoms with E-state index in [4.69, 9.17) is 9.47 Å². The van der Waals surface area contributed by atoms with Gasteiger partial charge in [-0.25, -0.2) is 0 Å².